The molecule has 0 spiro atoms. The summed E-state index contributed by atoms with van der Waals surface area (Å²) in [5.41, 5.74) is 3.86. The second-order valence-corrected chi connectivity index (χ2v) is 8.75. The SMILES string of the molecule is Cc1cc(C)c(S(=O)(=O)N(Cc2ccsc2)C2CC2)c(C)c1. The van der Waals surface area contributed by atoms with Crippen molar-refractivity contribution >= 4 is 21.4 Å². The summed E-state index contributed by atoms with van der Waals surface area (Å²) in [5, 5.41) is 4.02. The highest BCUT2D eigenvalue weighted by atomic mass is 32.2. The van der Waals surface area contributed by atoms with Crippen LogP contribution < -0.4 is 0 Å². The van der Waals surface area contributed by atoms with E-state index in [-0.39, 0.29) is 6.04 Å². The molecule has 0 saturated heterocycles. The molecule has 1 aliphatic rings. The Hall–Kier alpha value is -1.17. The van der Waals surface area contributed by atoms with E-state index < -0.39 is 10.0 Å². The first-order chi connectivity index (χ1) is 10.4. The van der Waals surface area contributed by atoms with Gasteiger partial charge in [-0.2, -0.15) is 15.6 Å². The Bertz CT molecular complexity index is 752. The largest absolute Gasteiger partial charge is 0.244 e. The molecule has 0 atom stereocenters. The number of aryl methyl sites for hydroxylation is 3. The lowest BCUT2D eigenvalue weighted by atomic mass is 10.1. The van der Waals surface area contributed by atoms with Gasteiger partial charge in [-0.05, 0) is 67.1 Å². The molecule has 3 rings (SSSR count). The van der Waals surface area contributed by atoms with Crippen molar-refractivity contribution in [2.75, 3.05) is 0 Å². The smallest absolute Gasteiger partial charge is 0.207 e. The molecule has 1 aromatic carbocycles. The van der Waals surface area contributed by atoms with E-state index >= 15 is 0 Å². The summed E-state index contributed by atoms with van der Waals surface area (Å²) in [4.78, 5) is 0.486. The van der Waals surface area contributed by atoms with E-state index in [1.807, 2.05) is 49.7 Å². The average molecular weight is 335 g/mol. The maximum atomic E-state index is 13.2. The standard InChI is InChI=1S/C17H21NO2S2/c1-12-8-13(2)17(14(3)9-12)22(19,20)18(16-4-5-16)10-15-6-7-21-11-15/h6-9,11,16H,4-5,10H2,1-3H3. The number of rotatable bonds is 5. The molecule has 0 unspecified atom stereocenters. The number of nitrogens with zero attached hydrogens (tertiary/aromatic N) is 1. The maximum Gasteiger partial charge on any atom is 0.244 e. The number of hydrogen-bond donors (Lipinski definition) is 0. The minimum Gasteiger partial charge on any atom is -0.207 e. The van der Waals surface area contributed by atoms with E-state index in [0.717, 1.165) is 35.1 Å². The van der Waals surface area contributed by atoms with Crippen LogP contribution in [0.4, 0.5) is 0 Å². The van der Waals surface area contributed by atoms with Crippen molar-refractivity contribution in [1.82, 2.24) is 4.31 Å². The van der Waals surface area contributed by atoms with Crippen LogP contribution in [-0.4, -0.2) is 18.8 Å². The maximum absolute atomic E-state index is 13.2. The zero-order valence-corrected chi connectivity index (χ0v) is 14.8. The van der Waals surface area contributed by atoms with Gasteiger partial charge < -0.3 is 0 Å². The van der Waals surface area contributed by atoms with E-state index in [9.17, 15) is 8.42 Å². The summed E-state index contributed by atoms with van der Waals surface area (Å²) in [6.45, 7) is 6.26. The molecular weight excluding hydrogens is 314 g/mol. The molecule has 0 N–H and O–H groups in total. The van der Waals surface area contributed by atoms with E-state index in [4.69, 9.17) is 0 Å². The summed E-state index contributed by atoms with van der Waals surface area (Å²) in [7, 11) is -3.45. The van der Waals surface area contributed by atoms with Gasteiger partial charge in [-0.3, -0.25) is 0 Å². The Labute approximate surface area is 136 Å². The molecular formula is C17H21NO2S2. The first-order valence-electron chi connectivity index (χ1n) is 7.50. The van der Waals surface area contributed by atoms with Crippen LogP contribution >= 0.6 is 11.3 Å². The molecule has 0 bridgehead atoms. The second-order valence-electron chi connectivity index (χ2n) is 6.14. The Morgan fingerprint density at radius 1 is 1.18 bits per heavy atom. The van der Waals surface area contributed by atoms with Gasteiger partial charge in [-0.1, -0.05) is 17.7 Å². The summed E-state index contributed by atoms with van der Waals surface area (Å²) >= 11 is 1.61. The van der Waals surface area contributed by atoms with Gasteiger partial charge >= 0.3 is 0 Å². The summed E-state index contributed by atoms with van der Waals surface area (Å²) < 4.78 is 28.1. The predicted octanol–water partition coefficient (Wildman–Crippen LogP) is 4.03. The monoisotopic (exact) mass is 335 g/mol. The fourth-order valence-corrected chi connectivity index (χ4v) is 5.77. The van der Waals surface area contributed by atoms with Gasteiger partial charge in [0.2, 0.25) is 10.0 Å². The molecule has 2 aromatic rings. The first-order valence-corrected chi connectivity index (χ1v) is 9.88. The minimum atomic E-state index is -3.45. The van der Waals surface area contributed by atoms with E-state index in [0.29, 0.717) is 11.4 Å². The highest BCUT2D eigenvalue weighted by Crippen LogP contribution is 2.35. The minimum absolute atomic E-state index is 0.157. The van der Waals surface area contributed by atoms with E-state index in [1.54, 1.807) is 15.6 Å². The van der Waals surface area contributed by atoms with Gasteiger partial charge in [0.25, 0.3) is 0 Å². The molecule has 3 nitrogen and oxygen atoms in total. The zero-order chi connectivity index (χ0) is 15.9. The summed E-state index contributed by atoms with van der Waals surface area (Å²) in [6.07, 6.45) is 1.93. The fraction of sp³-hybridized carbons (Fsp3) is 0.412. The molecule has 1 heterocycles. The molecule has 1 fully saturated rings. The van der Waals surface area contributed by atoms with Crippen molar-refractivity contribution in [2.24, 2.45) is 0 Å². The third-order valence-corrected chi connectivity index (χ3v) is 6.98. The molecule has 0 amide bonds. The molecule has 1 aromatic heterocycles. The number of hydrogen-bond acceptors (Lipinski definition) is 3. The molecule has 22 heavy (non-hydrogen) atoms. The molecule has 1 saturated carbocycles. The highest BCUT2D eigenvalue weighted by Gasteiger charge is 2.39. The van der Waals surface area contributed by atoms with Crippen LogP contribution in [0.2, 0.25) is 0 Å². The van der Waals surface area contributed by atoms with Crippen LogP contribution in [0, 0.1) is 20.8 Å². The summed E-state index contributed by atoms with van der Waals surface area (Å²) in [5.74, 6) is 0. The topological polar surface area (TPSA) is 37.4 Å². The van der Waals surface area contributed by atoms with E-state index in [1.165, 1.54) is 0 Å². The van der Waals surface area contributed by atoms with Gasteiger partial charge in [0, 0.05) is 12.6 Å². The Kier molecular flexibility index (Phi) is 4.14. The van der Waals surface area contributed by atoms with Crippen molar-refractivity contribution in [3.8, 4) is 0 Å². The molecule has 118 valence electrons. The van der Waals surface area contributed by atoms with Gasteiger partial charge in [0.15, 0.2) is 0 Å². The van der Waals surface area contributed by atoms with Crippen LogP contribution in [0.3, 0.4) is 0 Å². The van der Waals surface area contributed by atoms with Crippen molar-refractivity contribution < 1.29 is 8.42 Å². The Morgan fingerprint density at radius 3 is 2.32 bits per heavy atom. The number of sulfonamides is 1. The third-order valence-electron chi connectivity index (χ3n) is 4.04. The molecule has 0 radical (unpaired) electrons. The first kappa shape index (κ1) is 15.7. The van der Waals surface area contributed by atoms with Crippen molar-refractivity contribution in [2.45, 2.75) is 51.1 Å². The molecule has 5 heteroatoms. The predicted molar refractivity (Wildman–Crippen MR) is 90.7 cm³/mol. The van der Waals surface area contributed by atoms with Crippen LogP contribution in [0.5, 0.6) is 0 Å². The highest BCUT2D eigenvalue weighted by molar-refractivity contribution is 7.89. The quantitative estimate of drug-likeness (QED) is 0.827. The lowest BCUT2D eigenvalue weighted by Crippen LogP contribution is -2.33. The van der Waals surface area contributed by atoms with Crippen LogP contribution in [0.15, 0.2) is 33.9 Å². The number of thiophene rings is 1. The summed E-state index contributed by atoms with van der Waals surface area (Å²) in [6, 6.07) is 6.07. The molecule has 0 aliphatic heterocycles. The lowest BCUT2D eigenvalue weighted by Gasteiger charge is -2.24. The molecule has 1 aliphatic carbocycles. The fourth-order valence-electron chi connectivity index (χ4n) is 3.03. The van der Waals surface area contributed by atoms with Gasteiger partial charge in [0.05, 0.1) is 4.90 Å². The number of benzene rings is 1. The van der Waals surface area contributed by atoms with Crippen LogP contribution in [-0.2, 0) is 16.6 Å². The Morgan fingerprint density at radius 2 is 1.82 bits per heavy atom. The lowest BCUT2D eigenvalue weighted by molar-refractivity contribution is 0.398. The van der Waals surface area contributed by atoms with Gasteiger partial charge in [0.1, 0.15) is 0 Å². The van der Waals surface area contributed by atoms with Gasteiger partial charge in [-0.25, -0.2) is 8.42 Å². The van der Waals surface area contributed by atoms with Crippen molar-refractivity contribution in [1.29, 1.82) is 0 Å². The van der Waals surface area contributed by atoms with Gasteiger partial charge in [-0.15, -0.1) is 0 Å². The second kappa shape index (κ2) is 5.80. The van der Waals surface area contributed by atoms with Crippen LogP contribution in [0.25, 0.3) is 0 Å². The van der Waals surface area contributed by atoms with Crippen molar-refractivity contribution in [3.63, 3.8) is 0 Å². The van der Waals surface area contributed by atoms with E-state index in [2.05, 4.69) is 0 Å². The normalized spacial score (nSPS) is 15.5. The average Bonchev–Trinajstić information content (AvgIpc) is 3.10. The van der Waals surface area contributed by atoms with Crippen LogP contribution in [0.1, 0.15) is 35.1 Å². The third kappa shape index (κ3) is 2.98. The van der Waals surface area contributed by atoms with Crippen molar-refractivity contribution in [3.05, 3.63) is 51.2 Å². The Balaban J connectivity index is 2.03. The zero-order valence-electron chi connectivity index (χ0n) is 13.2.